The van der Waals surface area contributed by atoms with E-state index in [-0.39, 0.29) is 11.8 Å². The van der Waals surface area contributed by atoms with Crippen molar-refractivity contribution in [2.24, 2.45) is 0 Å². The molecule has 5 nitrogen and oxygen atoms in total. The molecule has 2 amide bonds. The van der Waals surface area contributed by atoms with Gasteiger partial charge in [-0.2, -0.15) is 0 Å². The van der Waals surface area contributed by atoms with Crippen LogP contribution in [0, 0.1) is 0 Å². The first-order valence-electron chi connectivity index (χ1n) is 5.52. The third kappa shape index (κ3) is 5.04. The van der Waals surface area contributed by atoms with Crippen LogP contribution in [0.1, 0.15) is 30.3 Å². The number of hydrogen-bond acceptors (Lipinski definition) is 2. The summed E-state index contributed by atoms with van der Waals surface area (Å²) in [4.78, 5) is 25.6. The van der Waals surface area contributed by atoms with E-state index in [2.05, 4.69) is 31.5 Å². The largest absolute Gasteiger partial charge is 0.356 e. The number of aromatic amines is 1. The van der Waals surface area contributed by atoms with Crippen LogP contribution in [-0.2, 0) is 4.79 Å². The fraction of sp³-hybridized carbons (Fsp3) is 0.455. The van der Waals surface area contributed by atoms with Crippen LogP contribution in [0.4, 0.5) is 0 Å². The average Bonchev–Trinajstić information content (AvgIpc) is 2.73. The van der Waals surface area contributed by atoms with Gasteiger partial charge in [-0.15, -0.1) is 0 Å². The van der Waals surface area contributed by atoms with Crippen LogP contribution in [0.3, 0.4) is 0 Å². The van der Waals surface area contributed by atoms with E-state index in [4.69, 9.17) is 0 Å². The van der Waals surface area contributed by atoms with Crippen LogP contribution in [-0.4, -0.2) is 29.9 Å². The Morgan fingerprint density at radius 1 is 1.35 bits per heavy atom. The van der Waals surface area contributed by atoms with E-state index < -0.39 is 0 Å². The molecule has 94 valence electrons. The van der Waals surface area contributed by atoms with Gasteiger partial charge in [0.2, 0.25) is 5.91 Å². The van der Waals surface area contributed by atoms with E-state index in [1.54, 1.807) is 12.3 Å². The summed E-state index contributed by atoms with van der Waals surface area (Å²) in [5, 5.41) is 5.41. The Morgan fingerprint density at radius 3 is 2.71 bits per heavy atom. The van der Waals surface area contributed by atoms with Gasteiger partial charge in [0.1, 0.15) is 5.69 Å². The van der Waals surface area contributed by atoms with Crippen LogP contribution in [0.5, 0.6) is 0 Å². The topological polar surface area (TPSA) is 74.0 Å². The van der Waals surface area contributed by atoms with Gasteiger partial charge in [0.15, 0.2) is 0 Å². The monoisotopic (exact) mass is 301 g/mol. The van der Waals surface area contributed by atoms with E-state index in [1.165, 1.54) is 0 Å². The molecule has 1 rings (SSSR count). The number of nitrogens with one attached hydrogen (secondary N) is 3. The maximum absolute atomic E-state index is 11.6. The molecule has 17 heavy (non-hydrogen) atoms. The first kappa shape index (κ1) is 13.8. The number of carbonyl (C=O) groups excluding carboxylic acids is 2. The van der Waals surface area contributed by atoms with E-state index in [9.17, 15) is 9.59 Å². The van der Waals surface area contributed by atoms with Crippen molar-refractivity contribution in [3.8, 4) is 0 Å². The van der Waals surface area contributed by atoms with Gasteiger partial charge < -0.3 is 15.6 Å². The Morgan fingerprint density at radius 2 is 2.12 bits per heavy atom. The number of hydrogen-bond donors (Lipinski definition) is 3. The smallest absolute Gasteiger partial charge is 0.267 e. The summed E-state index contributed by atoms with van der Waals surface area (Å²) < 4.78 is 0.823. The second-order valence-electron chi connectivity index (χ2n) is 3.59. The highest BCUT2D eigenvalue weighted by Gasteiger charge is 2.07. The van der Waals surface area contributed by atoms with Crippen molar-refractivity contribution < 1.29 is 9.59 Å². The quantitative estimate of drug-likeness (QED) is 0.743. The zero-order chi connectivity index (χ0) is 12.7. The van der Waals surface area contributed by atoms with E-state index in [0.29, 0.717) is 25.2 Å². The van der Waals surface area contributed by atoms with Gasteiger partial charge in [0, 0.05) is 30.2 Å². The predicted octanol–water partition coefficient (Wildman–Crippen LogP) is 1.42. The Labute approximate surface area is 108 Å². The first-order valence-corrected chi connectivity index (χ1v) is 6.31. The molecule has 0 spiro atoms. The zero-order valence-corrected chi connectivity index (χ0v) is 11.3. The fourth-order valence-corrected chi connectivity index (χ4v) is 1.58. The number of aromatic nitrogens is 1. The third-order valence-electron chi connectivity index (χ3n) is 2.10. The molecule has 0 atom stereocenters. The van der Waals surface area contributed by atoms with Crippen LogP contribution in [0.25, 0.3) is 0 Å². The van der Waals surface area contributed by atoms with Crippen molar-refractivity contribution in [3.05, 3.63) is 22.4 Å². The molecule has 3 N–H and O–H groups in total. The van der Waals surface area contributed by atoms with Crippen LogP contribution in [0.15, 0.2) is 16.7 Å². The lowest BCUT2D eigenvalue weighted by Crippen LogP contribution is -2.31. The third-order valence-corrected chi connectivity index (χ3v) is 2.56. The molecular weight excluding hydrogens is 286 g/mol. The van der Waals surface area contributed by atoms with Crippen molar-refractivity contribution >= 4 is 27.7 Å². The van der Waals surface area contributed by atoms with Crippen LogP contribution >= 0.6 is 15.9 Å². The zero-order valence-electron chi connectivity index (χ0n) is 9.68. The van der Waals surface area contributed by atoms with Crippen molar-refractivity contribution in [3.63, 3.8) is 0 Å². The van der Waals surface area contributed by atoms with E-state index in [1.807, 2.05) is 6.92 Å². The Kier molecular flexibility index (Phi) is 5.76. The van der Waals surface area contributed by atoms with Crippen molar-refractivity contribution in [2.45, 2.75) is 19.8 Å². The molecule has 1 aromatic heterocycles. The predicted molar refractivity (Wildman–Crippen MR) is 68.7 cm³/mol. The molecule has 0 saturated heterocycles. The standard InChI is InChI=1S/C11H16BrN3O2/c1-2-4-13-10(16)3-5-14-11(17)9-6-8(12)7-15-9/h6-7,15H,2-5H2,1H3,(H,13,16)(H,14,17). The van der Waals surface area contributed by atoms with Crippen molar-refractivity contribution in [2.75, 3.05) is 13.1 Å². The van der Waals surface area contributed by atoms with Gasteiger partial charge in [-0.3, -0.25) is 9.59 Å². The summed E-state index contributed by atoms with van der Waals surface area (Å²) in [5.74, 6) is -0.251. The maximum atomic E-state index is 11.6. The van der Waals surface area contributed by atoms with Gasteiger partial charge in [-0.1, -0.05) is 6.92 Å². The summed E-state index contributed by atoms with van der Waals surface area (Å²) >= 11 is 3.24. The highest BCUT2D eigenvalue weighted by Crippen LogP contribution is 2.10. The van der Waals surface area contributed by atoms with Gasteiger partial charge in [-0.05, 0) is 28.4 Å². The lowest BCUT2D eigenvalue weighted by atomic mass is 10.3. The molecule has 0 bridgehead atoms. The maximum Gasteiger partial charge on any atom is 0.267 e. The second kappa shape index (κ2) is 7.11. The minimum atomic E-state index is -0.209. The minimum absolute atomic E-state index is 0.0418. The van der Waals surface area contributed by atoms with E-state index in [0.717, 1.165) is 10.9 Å². The van der Waals surface area contributed by atoms with Gasteiger partial charge >= 0.3 is 0 Å². The Bertz CT molecular complexity index is 390. The minimum Gasteiger partial charge on any atom is -0.356 e. The number of halogens is 1. The van der Waals surface area contributed by atoms with Gasteiger partial charge in [-0.25, -0.2) is 0 Å². The lowest BCUT2D eigenvalue weighted by molar-refractivity contribution is -0.120. The second-order valence-corrected chi connectivity index (χ2v) is 4.50. The molecular formula is C11H16BrN3O2. The van der Waals surface area contributed by atoms with E-state index >= 15 is 0 Å². The SMILES string of the molecule is CCCNC(=O)CCNC(=O)c1cc(Br)c[nH]1. The summed E-state index contributed by atoms with van der Waals surface area (Å²) in [6.45, 7) is 3.01. The van der Waals surface area contributed by atoms with Gasteiger partial charge in [0.25, 0.3) is 5.91 Å². The Hall–Kier alpha value is -1.30. The molecule has 0 aliphatic heterocycles. The molecule has 0 saturated carbocycles. The Balaban J connectivity index is 2.23. The summed E-state index contributed by atoms with van der Waals surface area (Å²) in [6.07, 6.45) is 2.89. The fourth-order valence-electron chi connectivity index (χ4n) is 1.24. The van der Waals surface area contributed by atoms with Crippen molar-refractivity contribution in [1.29, 1.82) is 0 Å². The number of H-pyrrole nitrogens is 1. The normalized spacial score (nSPS) is 10.0. The lowest BCUT2D eigenvalue weighted by Gasteiger charge is -2.04. The molecule has 0 aliphatic carbocycles. The summed E-state index contributed by atoms with van der Waals surface area (Å²) in [5.41, 5.74) is 0.478. The molecule has 0 unspecified atom stereocenters. The van der Waals surface area contributed by atoms with Crippen molar-refractivity contribution in [1.82, 2.24) is 15.6 Å². The van der Waals surface area contributed by atoms with Gasteiger partial charge in [0.05, 0.1) is 0 Å². The highest BCUT2D eigenvalue weighted by molar-refractivity contribution is 9.10. The molecule has 0 aliphatic rings. The summed E-state index contributed by atoms with van der Waals surface area (Å²) in [7, 11) is 0. The molecule has 1 heterocycles. The molecule has 0 radical (unpaired) electrons. The average molecular weight is 302 g/mol. The van der Waals surface area contributed by atoms with Crippen LogP contribution < -0.4 is 10.6 Å². The summed E-state index contributed by atoms with van der Waals surface area (Å²) in [6, 6.07) is 1.69. The molecule has 6 heteroatoms. The number of amides is 2. The molecule has 0 fully saturated rings. The number of carbonyl (C=O) groups is 2. The first-order chi connectivity index (χ1) is 8.13. The molecule has 1 aromatic rings. The molecule has 0 aromatic carbocycles. The number of rotatable bonds is 6. The van der Waals surface area contributed by atoms with Crippen LogP contribution in [0.2, 0.25) is 0 Å². The highest BCUT2D eigenvalue weighted by atomic mass is 79.9.